The van der Waals surface area contributed by atoms with Gasteiger partial charge in [0, 0.05) is 18.8 Å². The maximum Gasteiger partial charge on any atom is 0.339 e. The summed E-state index contributed by atoms with van der Waals surface area (Å²) in [5, 5.41) is 3.00. The molecule has 0 saturated carbocycles. The van der Waals surface area contributed by atoms with Crippen LogP contribution >= 0.6 is 0 Å². The van der Waals surface area contributed by atoms with Crippen LogP contribution in [-0.2, 0) is 23.1 Å². The number of anilines is 1. The normalized spacial score (nSPS) is 11.3. The molecule has 8 heteroatoms. The van der Waals surface area contributed by atoms with Crippen LogP contribution in [0.3, 0.4) is 0 Å². The number of hydrogen-bond donors (Lipinski definition) is 1. The Labute approximate surface area is 200 Å². The van der Waals surface area contributed by atoms with Crippen LogP contribution in [0, 0.1) is 11.7 Å². The largest absolute Gasteiger partial charge is 0.379 e. The number of urea groups is 1. The number of carbonyl (C=O) groups is 1. The molecule has 3 aromatic carbocycles. The summed E-state index contributed by atoms with van der Waals surface area (Å²) in [6.45, 7) is 6.86. The molecule has 34 heavy (non-hydrogen) atoms. The molecule has 3 rings (SSSR count). The summed E-state index contributed by atoms with van der Waals surface area (Å²) < 4.78 is 43.5. The van der Waals surface area contributed by atoms with Crippen LogP contribution in [0.5, 0.6) is 5.75 Å². The average Bonchev–Trinajstić information content (AvgIpc) is 2.79. The molecule has 0 radical (unpaired) electrons. The zero-order valence-corrected chi connectivity index (χ0v) is 20.3. The van der Waals surface area contributed by atoms with Gasteiger partial charge >= 0.3 is 16.1 Å². The van der Waals surface area contributed by atoms with Crippen molar-refractivity contribution in [2.75, 3.05) is 11.9 Å². The fourth-order valence-electron chi connectivity index (χ4n) is 3.50. The van der Waals surface area contributed by atoms with Gasteiger partial charge in [-0.25, -0.2) is 9.18 Å². The van der Waals surface area contributed by atoms with Gasteiger partial charge in [0.25, 0.3) is 0 Å². The molecule has 1 N–H and O–H groups in total. The second kappa shape index (κ2) is 11.2. The molecule has 2 amide bonds. The number of nitrogens with one attached hydrogen (secondary N) is 1. The second-order valence-electron chi connectivity index (χ2n) is 8.35. The Hall–Kier alpha value is -3.39. The van der Waals surface area contributed by atoms with E-state index in [2.05, 4.69) is 5.32 Å². The Bertz CT molecular complexity index is 1230. The molecule has 0 fully saturated rings. The van der Waals surface area contributed by atoms with Crippen LogP contribution in [0.4, 0.5) is 14.9 Å². The molecule has 0 unspecified atom stereocenters. The molecule has 0 aliphatic carbocycles. The number of nitrogens with zero attached hydrogens (tertiary/aromatic N) is 1. The smallest absolute Gasteiger partial charge is 0.339 e. The lowest BCUT2D eigenvalue weighted by molar-refractivity contribution is 0.201. The highest BCUT2D eigenvalue weighted by molar-refractivity contribution is 7.87. The molecule has 180 valence electrons. The Morgan fingerprint density at radius 1 is 1.03 bits per heavy atom. The van der Waals surface area contributed by atoms with E-state index in [4.69, 9.17) is 4.18 Å². The third-order valence-electron chi connectivity index (χ3n) is 5.09. The van der Waals surface area contributed by atoms with E-state index >= 15 is 0 Å². The molecule has 0 atom stereocenters. The Morgan fingerprint density at radius 3 is 2.41 bits per heavy atom. The lowest BCUT2D eigenvalue weighted by atomic mass is 10.1. The lowest BCUT2D eigenvalue weighted by Gasteiger charge is -2.26. The van der Waals surface area contributed by atoms with Crippen molar-refractivity contribution < 1.29 is 21.8 Å². The van der Waals surface area contributed by atoms with Crippen molar-refractivity contribution in [3.63, 3.8) is 0 Å². The number of para-hydroxylation sites is 1. The van der Waals surface area contributed by atoms with E-state index in [0.717, 1.165) is 41.9 Å². The summed E-state index contributed by atoms with van der Waals surface area (Å²) in [4.78, 5) is 14.6. The van der Waals surface area contributed by atoms with Crippen molar-refractivity contribution in [1.29, 1.82) is 0 Å². The summed E-state index contributed by atoms with van der Waals surface area (Å²) >= 11 is 0. The molecule has 0 aliphatic heterocycles. The number of hydrogen-bond acceptors (Lipinski definition) is 4. The Morgan fingerprint density at radius 2 is 1.74 bits per heavy atom. The van der Waals surface area contributed by atoms with Crippen LogP contribution in [0.25, 0.3) is 0 Å². The molecule has 0 aliphatic rings. The Kier molecular flexibility index (Phi) is 8.28. The summed E-state index contributed by atoms with van der Waals surface area (Å²) in [5.74, 6) is -0.195. The molecule has 3 aromatic rings. The van der Waals surface area contributed by atoms with Crippen molar-refractivity contribution in [3.05, 3.63) is 89.7 Å². The van der Waals surface area contributed by atoms with Gasteiger partial charge in [-0.15, -0.1) is 0 Å². The monoisotopic (exact) mass is 484 g/mol. The fourth-order valence-corrected chi connectivity index (χ4v) is 4.42. The molecule has 0 bridgehead atoms. The predicted molar refractivity (Wildman–Crippen MR) is 131 cm³/mol. The number of aryl methyl sites for hydroxylation is 1. The molecular formula is C26H29FN2O4S. The summed E-state index contributed by atoms with van der Waals surface area (Å²) in [7, 11) is -4.12. The van der Waals surface area contributed by atoms with Gasteiger partial charge in [-0.2, -0.15) is 8.42 Å². The fraction of sp³-hybridized carbons (Fsp3) is 0.269. The van der Waals surface area contributed by atoms with Gasteiger partial charge in [0.2, 0.25) is 0 Å². The van der Waals surface area contributed by atoms with Gasteiger partial charge in [-0.1, -0.05) is 51.1 Å². The first-order valence-corrected chi connectivity index (χ1v) is 12.5. The molecule has 0 saturated heterocycles. The van der Waals surface area contributed by atoms with Gasteiger partial charge in [0.15, 0.2) is 0 Å². The SMILES string of the molecule is CCc1ccccc1NC(=O)N(Cc1cccc(OS(=O)(=O)c2ccc(F)cc2)c1)CC(C)C. The van der Waals surface area contributed by atoms with Crippen molar-refractivity contribution in [1.82, 2.24) is 4.90 Å². The third-order valence-corrected chi connectivity index (χ3v) is 6.35. The topological polar surface area (TPSA) is 75.7 Å². The third kappa shape index (κ3) is 6.81. The molecular weight excluding hydrogens is 455 g/mol. The van der Waals surface area contributed by atoms with Gasteiger partial charge in [0.1, 0.15) is 16.5 Å². The van der Waals surface area contributed by atoms with Gasteiger partial charge in [-0.3, -0.25) is 0 Å². The van der Waals surface area contributed by atoms with Crippen LogP contribution < -0.4 is 9.50 Å². The van der Waals surface area contributed by atoms with Gasteiger partial charge in [0.05, 0.1) is 0 Å². The standard InChI is InChI=1S/C26H29FN2O4S/c1-4-21-9-5-6-11-25(21)28-26(30)29(17-19(2)3)18-20-8-7-10-23(16-20)33-34(31,32)24-14-12-22(27)13-15-24/h5-16,19H,4,17-18H2,1-3H3,(H,28,30). The minimum absolute atomic E-state index is 0.114. The minimum atomic E-state index is -4.12. The molecule has 6 nitrogen and oxygen atoms in total. The molecule has 0 aromatic heterocycles. The minimum Gasteiger partial charge on any atom is -0.379 e. The van der Waals surface area contributed by atoms with E-state index in [1.165, 1.54) is 6.07 Å². The van der Waals surface area contributed by atoms with E-state index in [-0.39, 0.29) is 29.1 Å². The maximum atomic E-state index is 13.1. The second-order valence-corrected chi connectivity index (χ2v) is 9.90. The number of halogens is 1. The first-order valence-electron chi connectivity index (χ1n) is 11.1. The van der Waals surface area contributed by atoms with Gasteiger partial charge in [-0.05, 0) is 65.9 Å². The van der Waals surface area contributed by atoms with E-state index in [0.29, 0.717) is 12.1 Å². The Balaban J connectivity index is 1.77. The predicted octanol–water partition coefficient (Wildman–Crippen LogP) is 5.85. The van der Waals surface area contributed by atoms with Crippen LogP contribution in [0.2, 0.25) is 0 Å². The van der Waals surface area contributed by atoms with Crippen LogP contribution in [-0.4, -0.2) is 25.9 Å². The first kappa shape index (κ1) is 25.2. The van der Waals surface area contributed by atoms with E-state index in [1.54, 1.807) is 23.1 Å². The zero-order valence-electron chi connectivity index (χ0n) is 19.5. The average molecular weight is 485 g/mol. The lowest BCUT2D eigenvalue weighted by Crippen LogP contribution is -2.37. The summed E-state index contributed by atoms with van der Waals surface area (Å²) in [6.07, 6.45) is 0.794. The van der Waals surface area contributed by atoms with Crippen LogP contribution in [0.15, 0.2) is 77.7 Å². The van der Waals surface area contributed by atoms with Crippen molar-refractivity contribution >= 4 is 21.8 Å². The zero-order chi connectivity index (χ0) is 24.7. The number of carbonyl (C=O) groups excluding carboxylic acids is 1. The maximum absolute atomic E-state index is 13.1. The number of rotatable bonds is 9. The summed E-state index contributed by atoms with van der Waals surface area (Å²) in [5.41, 5.74) is 2.53. The van der Waals surface area contributed by atoms with Crippen molar-refractivity contribution in [2.24, 2.45) is 5.92 Å². The highest BCUT2D eigenvalue weighted by Gasteiger charge is 2.19. The summed E-state index contributed by atoms with van der Waals surface area (Å²) in [6, 6.07) is 18.4. The van der Waals surface area contributed by atoms with E-state index < -0.39 is 15.9 Å². The van der Waals surface area contributed by atoms with E-state index in [9.17, 15) is 17.6 Å². The van der Waals surface area contributed by atoms with Crippen molar-refractivity contribution in [3.8, 4) is 5.75 Å². The number of benzene rings is 3. The van der Waals surface area contributed by atoms with E-state index in [1.807, 2.05) is 45.0 Å². The highest BCUT2D eigenvalue weighted by Crippen LogP contribution is 2.22. The van der Waals surface area contributed by atoms with Crippen molar-refractivity contribution in [2.45, 2.75) is 38.6 Å². The van der Waals surface area contributed by atoms with Gasteiger partial charge < -0.3 is 14.4 Å². The quantitative estimate of drug-likeness (QED) is 0.387. The highest BCUT2D eigenvalue weighted by atomic mass is 32.2. The number of amides is 2. The molecule has 0 spiro atoms. The first-order chi connectivity index (χ1) is 16.2. The van der Waals surface area contributed by atoms with Crippen LogP contribution in [0.1, 0.15) is 31.9 Å². The molecule has 0 heterocycles.